The molecular weight excluding hydrogens is 884 g/mol. The summed E-state index contributed by atoms with van der Waals surface area (Å²) < 4.78 is 69.7. The number of nitrogens with zero attached hydrogens (tertiary/aromatic N) is 8. The van der Waals surface area contributed by atoms with Gasteiger partial charge in [-0.05, 0) is 23.9 Å². The zero-order valence-corrected chi connectivity index (χ0v) is 34.9. The third-order valence-electron chi connectivity index (χ3n) is 9.43. The van der Waals surface area contributed by atoms with Crippen LogP contribution >= 0.6 is 19.3 Å². The Morgan fingerprint density at radius 1 is 1.00 bits per heavy atom. The number of nitrogens with one attached hydrogen (secondary N) is 3. The van der Waals surface area contributed by atoms with E-state index in [0.717, 1.165) is 17.2 Å². The molecule has 7 rings (SSSR count). The van der Waals surface area contributed by atoms with Crippen molar-refractivity contribution in [2.24, 2.45) is 5.92 Å². The van der Waals surface area contributed by atoms with Crippen LogP contribution in [0.2, 0.25) is 0 Å². The fraction of sp³-hybridized carbons (Fsp3) is 0.429. The van der Waals surface area contributed by atoms with Crippen molar-refractivity contribution in [1.29, 1.82) is 5.26 Å². The predicted molar refractivity (Wildman–Crippen MR) is 217 cm³/mol. The molecule has 9 atom stereocenters. The largest absolute Gasteiger partial charge is 0.448 e. The number of H-pyrrole nitrogens is 1. The molecule has 2 aliphatic heterocycles. The first kappa shape index (κ1) is 44.7. The number of ether oxygens (including phenoxy) is 3. The molecule has 4 aromatic heterocycles. The molecule has 0 aliphatic carbocycles. The van der Waals surface area contributed by atoms with Gasteiger partial charge < -0.3 is 33.7 Å². The van der Waals surface area contributed by atoms with Crippen LogP contribution in [0.1, 0.15) is 43.1 Å². The Labute approximate surface area is 358 Å². The lowest BCUT2D eigenvalue weighted by Gasteiger charge is -2.29. The second-order valence-corrected chi connectivity index (χ2v) is 17.2. The van der Waals surface area contributed by atoms with Crippen LogP contribution < -0.4 is 16.2 Å². The maximum absolute atomic E-state index is 16.4. The Balaban J connectivity index is 1.15. The summed E-state index contributed by atoms with van der Waals surface area (Å²) in [4.78, 5) is 73.6. The van der Waals surface area contributed by atoms with Crippen molar-refractivity contribution in [2.45, 2.75) is 69.5 Å². The lowest BCUT2D eigenvalue weighted by Crippen LogP contribution is -2.36. The molecule has 2 saturated heterocycles. The number of imidazole rings is 2. The average molecular weight is 920 g/mol. The summed E-state index contributed by atoms with van der Waals surface area (Å²) >= 11 is 9.34. The Bertz CT molecular complexity index is 2620. The molecule has 1 unspecified atom stereocenters. The Kier molecular flexibility index (Phi) is 13.7. The number of fused-ring (bicyclic) bond motifs is 2. The van der Waals surface area contributed by atoms with E-state index in [4.69, 9.17) is 39.6 Å². The van der Waals surface area contributed by atoms with Crippen LogP contribution in [0.25, 0.3) is 22.3 Å². The van der Waals surface area contributed by atoms with Crippen molar-refractivity contribution in [1.82, 2.24) is 39.0 Å². The fourth-order valence-corrected chi connectivity index (χ4v) is 8.62. The summed E-state index contributed by atoms with van der Waals surface area (Å²) in [6, 6.07) is 10.1. The number of aromatic nitrogens is 8. The number of benzene rings is 1. The minimum Gasteiger partial charge on any atom is -0.448 e. The minimum absolute atomic E-state index is 0.00925. The van der Waals surface area contributed by atoms with E-state index in [1.165, 1.54) is 10.9 Å². The predicted octanol–water partition coefficient (Wildman–Crippen LogP) is 3.26. The number of halogens is 2. The van der Waals surface area contributed by atoms with Gasteiger partial charge in [0.1, 0.15) is 24.6 Å². The van der Waals surface area contributed by atoms with E-state index >= 15 is 8.78 Å². The van der Waals surface area contributed by atoms with Crippen molar-refractivity contribution in [3.8, 4) is 6.07 Å². The zero-order valence-electron chi connectivity index (χ0n) is 32.3. The van der Waals surface area contributed by atoms with Gasteiger partial charge in [0.15, 0.2) is 59.0 Å². The topological polar surface area (TPSA) is 282 Å². The smallest absolute Gasteiger partial charge is 0.364 e. The zero-order chi connectivity index (χ0) is 44.3. The van der Waals surface area contributed by atoms with Crippen LogP contribution in [0.4, 0.5) is 25.3 Å². The van der Waals surface area contributed by atoms with E-state index in [-0.39, 0.29) is 47.1 Å². The van der Waals surface area contributed by atoms with Gasteiger partial charge in [-0.15, -0.1) is 0 Å². The summed E-state index contributed by atoms with van der Waals surface area (Å²) in [5.74, 6) is -1.68. The number of rotatable bonds is 16. The first-order chi connectivity index (χ1) is 29.7. The highest BCUT2D eigenvalue weighted by Gasteiger charge is 2.52. The molecule has 0 radical (unpaired) electrons. The van der Waals surface area contributed by atoms with E-state index in [9.17, 15) is 29.5 Å². The number of aromatic amines is 1. The van der Waals surface area contributed by atoms with Gasteiger partial charge in [0, 0.05) is 11.5 Å². The monoisotopic (exact) mass is 919 g/mol. The number of alkyl halides is 2. The molecule has 1 aromatic carbocycles. The third kappa shape index (κ3) is 9.35. The summed E-state index contributed by atoms with van der Waals surface area (Å²) in [5.41, 5.74) is -0.713. The van der Waals surface area contributed by atoms with Gasteiger partial charge >= 0.3 is 12.0 Å². The van der Waals surface area contributed by atoms with Gasteiger partial charge in [-0.3, -0.25) is 38.3 Å². The lowest BCUT2D eigenvalue weighted by molar-refractivity contribution is -0.118. The first-order valence-electron chi connectivity index (χ1n) is 18.6. The molecule has 27 heteroatoms. The lowest BCUT2D eigenvalue weighted by atomic mass is 10.1. The van der Waals surface area contributed by atoms with E-state index in [1.54, 1.807) is 44.2 Å². The molecule has 6 heterocycles. The summed E-state index contributed by atoms with van der Waals surface area (Å²) in [7, 11) is 0. The molecule has 2 fully saturated rings. The number of aliphatic hydroxyl groups excluding tert-OH is 1. The summed E-state index contributed by atoms with van der Waals surface area (Å²) in [6.45, 7) is -2.95. The second-order valence-electron chi connectivity index (χ2n) is 13.9. The second kappa shape index (κ2) is 18.9. The highest BCUT2D eigenvalue weighted by molar-refractivity contribution is 8.07. The van der Waals surface area contributed by atoms with E-state index in [2.05, 4.69) is 53.2 Å². The Morgan fingerprint density at radius 3 is 2.40 bits per heavy atom. The van der Waals surface area contributed by atoms with Crippen LogP contribution in [0.5, 0.6) is 0 Å². The van der Waals surface area contributed by atoms with Crippen LogP contribution in [0.15, 0.2) is 54.1 Å². The number of amides is 2. The number of thiol groups is 1. The maximum atomic E-state index is 16.4. The number of carbonyl (C=O) groups is 3. The maximum Gasteiger partial charge on any atom is 0.364 e. The molecule has 5 aromatic rings. The normalized spacial score (nSPS) is 24.5. The standard InChI is InChI=1S/C35H36F2N11O11PS2/c1-16(2)29(50)45-34-44-28-23(31(52)46-34)42-15-48(28)33-25(20(36)18(11-49)56-33)59-60(62,54-10-6-9-38)55-12-19-24(58-35(53)61)21(37)32(57-19)47-14-41-22-26(39-13-40-27(22)47)43-30(51)17-7-4-3-5-8-17/h3-5,7-8,13-16,18-21,24-25,32-33,49H,6,10-12H2,1-2H3,(H,53,61)(H,39,40,43,51)(H2,44,45,46,50,52)/t18-,19-,20-,21+,24-,25-,32-,33-,60?/m1/s1. The molecule has 0 spiro atoms. The van der Waals surface area contributed by atoms with Gasteiger partial charge in [-0.1, -0.05) is 44.7 Å². The molecule has 2 amide bonds. The molecule has 0 bridgehead atoms. The average Bonchev–Trinajstić information content (AvgIpc) is 4.02. The minimum atomic E-state index is -4.26. The molecule has 328 valence electrons. The van der Waals surface area contributed by atoms with Gasteiger partial charge in [0.05, 0.1) is 45.0 Å². The Hall–Kier alpha value is -5.36. The SMILES string of the molecule is CC(C)C(=O)Nc1nc2c(ncn2[C@@H]2O[C@H](CO)[C@@H](F)[C@H]2OP(=S)(OCCC#N)OC[C@H]2O[C@@H](n3cnc4c(NC(=O)c5ccccc5)ncnc43)[C@@H](F)[C@@H]2OC(=O)S)c(=O)[nH]1. The van der Waals surface area contributed by atoms with Crippen molar-refractivity contribution in [3.05, 3.63) is 65.2 Å². The van der Waals surface area contributed by atoms with Crippen LogP contribution in [0, 0.1) is 17.2 Å². The molecule has 4 N–H and O–H groups in total. The van der Waals surface area contributed by atoms with E-state index in [1.807, 2.05) is 6.07 Å². The Morgan fingerprint density at radius 2 is 1.71 bits per heavy atom. The molecule has 0 saturated carbocycles. The highest BCUT2D eigenvalue weighted by atomic mass is 32.5. The van der Waals surface area contributed by atoms with Gasteiger partial charge in [0.25, 0.3) is 11.5 Å². The quantitative estimate of drug-likeness (QED) is 0.0411. The molecule has 22 nitrogen and oxygen atoms in total. The number of carbonyl (C=O) groups excluding carboxylic acids is 3. The van der Waals surface area contributed by atoms with Gasteiger partial charge in [0.2, 0.25) is 11.9 Å². The van der Waals surface area contributed by atoms with Crippen molar-refractivity contribution >= 4 is 82.4 Å². The van der Waals surface area contributed by atoms with Gasteiger partial charge in [-0.2, -0.15) is 10.2 Å². The van der Waals surface area contributed by atoms with Gasteiger partial charge in [-0.25, -0.2) is 33.5 Å². The first-order valence-corrected chi connectivity index (χ1v) is 21.6. The molecular formula is C35H36F2N11O11PS2. The van der Waals surface area contributed by atoms with E-state index < -0.39 is 97.7 Å². The fourth-order valence-electron chi connectivity index (χ4n) is 6.43. The van der Waals surface area contributed by atoms with E-state index in [0.29, 0.717) is 5.56 Å². The highest BCUT2D eigenvalue weighted by Crippen LogP contribution is 2.55. The van der Waals surface area contributed by atoms with Crippen LogP contribution in [0.3, 0.4) is 0 Å². The van der Waals surface area contributed by atoms with Crippen molar-refractivity contribution in [3.63, 3.8) is 0 Å². The molecule has 2 aliphatic rings. The van der Waals surface area contributed by atoms with Crippen molar-refractivity contribution < 1.29 is 56.1 Å². The number of hydrogen-bond acceptors (Lipinski definition) is 18. The third-order valence-corrected chi connectivity index (χ3v) is 11.9. The summed E-state index contributed by atoms with van der Waals surface area (Å²) in [5, 5.41) is 23.2. The van der Waals surface area contributed by atoms with Crippen molar-refractivity contribution in [2.75, 3.05) is 30.5 Å². The summed E-state index contributed by atoms with van der Waals surface area (Å²) in [6.07, 6.45) is -10.7. The number of nitriles is 1. The molecule has 62 heavy (non-hydrogen) atoms. The number of anilines is 2. The number of hydrogen-bond donors (Lipinski definition) is 5. The van der Waals surface area contributed by atoms with Crippen LogP contribution in [-0.4, -0.2) is 118 Å². The van der Waals surface area contributed by atoms with Crippen LogP contribution in [-0.2, 0) is 44.4 Å². The number of aliphatic hydroxyl groups is 1.